The topological polar surface area (TPSA) is 106 Å². The van der Waals surface area contributed by atoms with E-state index in [2.05, 4.69) is 15.3 Å². The van der Waals surface area contributed by atoms with Gasteiger partial charge in [-0.2, -0.15) is 0 Å². The predicted molar refractivity (Wildman–Crippen MR) is 109 cm³/mol. The van der Waals surface area contributed by atoms with E-state index in [4.69, 9.17) is 4.74 Å². The summed E-state index contributed by atoms with van der Waals surface area (Å²) in [4.78, 5) is 44.8. The third kappa shape index (κ3) is 3.71. The van der Waals surface area contributed by atoms with Gasteiger partial charge < -0.3 is 10.1 Å². The number of benzene rings is 1. The van der Waals surface area contributed by atoms with Gasteiger partial charge in [0.15, 0.2) is 5.65 Å². The summed E-state index contributed by atoms with van der Waals surface area (Å²) in [5.41, 5.74) is 1.60. The van der Waals surface area contributed by atoms with Crippen molar-refractivity contribution in [2.24, 2.45) is 0 Å². The van der Waals surface area contributed by atoms with Crippen LogP contribution in [0, 0.1) is 0 Å². The van der Waals surface area contributed by atoms with Crippen LogP contribution < -0.4 is 16.6 Å². The van der Waals surface area contributed by atoms with Crippen molar-refractivity contribution >= 4 is 22.6 Å². The van der Waals surface area contributed by atoms with Crippen LogP contribution >= 0.6 is 0 Å². The van der Waals surface area contributed by atoms with Gasteiger partial charge in [0, 0.05) is 31.0 Å². The summed E-state index contributed by atoms with van der Waals surface area (Å²) in [7, 11) is 1.60. The number of methoxy groups -OCH3 is 1. The Hall–Kier alpha value is -3.26. The molecule has 1 aliphatic rings. The van der Waals surface area contributed by atoms with E-state index in [9.17, 15) is 14.4 Å². The Bertz CT molecular complexity index is 1210. The molecule has 2 aromatic heterocycles. The van der Waals surface area contributed by atoms with Gasteiger partial charge in [0.1, 0.15) is 0 Å². The van der Waals surface area contributed by atoms with Crippen LogP contribution in [0.1, 0.15) is 47.3 Å². The third-order valence-electron chi connectivity index (χ3n) is 5.02. The first-order valence-electron chi connectivity index (χ1n) is 9.58. The molecule has 0 unspecified atom stereocenters. The van der Waals surface area contributed by atoms with E-state index in [1.54, 1.807) is 26.2 Å². The second-order valence-corrected chi connectivity index (χ2v) is 7.16. The molecular formula is C21H22N4O4. The number of H-pyrrole nitrogens is 1. The lowest BCUT2D eigenvalue weighted by Crippen LogP contribution is -2.32. The summed E-state index contributed by atoms with van der Waals surface area (Å²) in [5, 5.41) is 2.98. The zero-order valence-electron chi connectivity index (χ0n) is 16.3. The molecule has 3 aromatic rings. The van der Waals surface area contributed by atoms with Gasteiger partial charge in [-0.1, -0.05) is 12.1 Å². The number of aryl methyl sites for hydroxylation is 1. The Morgan fingerprint density at radius 1 is 1.31 bits per heavy atom. The number of carbonyl (C=O) groups is 1. The van der Waals surface area contributed by atoms with Gasteiger partial charge in [0.25, 0.3) is 11.5 Å². The standard InChI is InChI=1S/C21H22N4O4/c1-3-25-18-17(20(27)24-21(25)28)15(10-16(23-18)13-7-8-13)19(26)22-14-6-4-5-12(9-14)11-29-2/h4-6,9-10,13H,3,7-8,11H2,1-2H3,(H,22,26)(H,24,27,28). The number of ether oxygens (including phenoxy) is 1. The number of aromatic nitrogens is 3. The highest BCUT2D eigenvalue weighted by Gasteiger charge is 2.28. The molecule has 1 aliphatic carbocycles. The molecule has 0 aliphatic heterocycles. The van der Waals surface area contributed by atoms with Crippen LogP contribution in [0.2, 0.25) is 0 Å². The fourth-order valence-electron chi connectivity index (χ4n) is 3.46. The summed E-state index contributed by atoms with van der Waals surface area (Å²) in [6, 6.07) is 8.99. The maximum atomic E-state index is 13.1. The van der Waals surface area contributed by atoms with Crippen LogP contribution in [0.5, 0.6) is 0 Å². The fraction of sp³-hybridized carbons (Fsp3) is 0.333. The molecule has 2 heterocycles. The van der Waals surface area contributed by atoms with Gasteiger partial charge in [-0.3, -0.25) is 19.1 Å². The second kappa shape index (κ2) is 7.63. The number of pyridine rings is 1. The lowest BCUT2D eigenvalue weighted by Gasteiger charge is -2.13. The van der Waals surface area contributed by atoms with Crippen molar-refractivity contribution in [1.82, 2.24) is 14.5 Å². The molecule has 1 saturated carbocycles. The van der Waals surface area contributed by atoms with Crippen LogP contribution in [-0.4, -0.2) is 27.6 Å². The molecule has 150 valence electrons. The van der Waals surface area contributed by atoms with Crippen molar-refractivity contribution in [3.63, 3.8) is 0 Å². The molecule has 2 N–H and O–H groups in total. The SMILES string of the molecule is CCn1c(=O)[nH]c(=O)c2c(C(=O)Nc3cccc(COC)c3)cc(C3CC3)nc21. The molecule has 1 aromatic carbocycles. The zero-order valence-corrected chi connectivity index (χ0v) is 16.3. The number of anilines is 1. The van der Waals surface area contributed by atoms with Gasteiger partial charge >= 0.3 is 5.69 Å². The molecule has 8 heteroatoms. The van der Waals surface area contributed by atoms with E-state index in [1.165, 1.54) is 4.57 Å². The maximum Gasteiger partial charge on any atom is 0.329 e. The van der Waals surface area contributed by atoms with Crippen molar-refractivity contribution in [3.8, 4) is 0 Å². The summed E-state index contributed by atoms with van der Waals surface area (Å²) in [6.45, 7) is 2.56. The number of carbonyl (C=O) groups excluding carboxylic acids is 1. The summed E-state index contributed by atoms with van der Waals surface area (Å²) < 4.78 is 6.52. The van der Waals surface area contributed by atoms with Crippen LogP contribution in [-0.2, 0) is 17.9 Å². The second-order valence-electron chi connectivity index (χ2n) is 7.16. The van der Waals surface area contributed by atoms with Crippen molar-refractivity contribution < 1.29 is 9.53 Å². The van der Waals surface area contributed by atoms with Crippen LogP contribution in [0.15, 0.2) is 39.9 Å². The lowest BCUT2D eigenvalue weighted by molar-refractivity contribution is 0.102. The van der Waals surface area contributed by atoms with E-state index in [-0.39, 0.29) is 22.5 Å². The van der Waals surface area contributed by atoms with E-state index in [0.717, 1.165) is 24.1 Å². The normalized spacial score (nSPS) is 13.6. The first-order chi connectivity index (χ1) is 14.0. The number of hydrogen-bond donors (Lipinski definition) is 2. The minimum atomic E-state index is -0.608. The number of aromatic amines is 1. The number of fused-ring (bicyclic) bond motifs is 1. The smallest absolute Gasteiger partial charge is 0.329 e. The number of nitrogens with zero attached hydrogens (tertiary/aromatic N) is 2. The summed E-state index contributed by atoms with van der Waals surface area (Å²) in [5.74, 6) is -0.156. The maximum absolute atomic E-state index is 13.1. The molecule has 0 saturated heterocycles. The molecular weight excluding hydrogens is 372 g/mol. The molecule has 4 rings (SSSR count). The Kier molecular flexibility index (Phi) is 5.02. The van der Waals surface area contributed by atoms with Gasteiger partial charge in [-0.15, -0.1) is 0 Å². The number of hydrogen-bond acceptors (Lipinski definition) is 5. The summed E-state index contributed by atoms with van der Waals surface area (Å²) >= 11 is 0. The number of amides is 1. The minimum absolute atomic E-state index is 0.126. The monoisotopic (exact) mass is 394 g/mol. The van der Waals surface area contributed by atoms with E-state index < -0.39 is 17.2 Å². The quantitative estimate of drug-likeness (QED) is 0.668. The van der Waals surface area contributed by atoms with E-state index in [1.807, 2.05) is 18.2 Å². The molecule has 8 nitrogen and oxygen atoms in total. The van der Waals surface area contributed by atoms with Gasteiger partial charge in [-0.05, 0) is 43.5 Å². The summed E-state index contributed by atoms with van der Waals surface area (Å²) in [6.07, 6.45) is 1.97. The van der Waals surface area contributed by atoms with Gasteiger partial charge in [-0.25, -0.2) is 9.78 Å². The van der Waals surface area contributed by atoms with Crippen molar-refractivity contribution in [2.45, 2.75) is 38.8 Å². The van der Waals surface area contributed by atoms with Crippen molar-refractivity contribution in [1.29, 1.82) is 0 Å². The first kappa shape index (κ1) is 19.1. The highest BCUT2D eigenvalue weighted by molar-refractivity contribution is 6.11. The lowest BCUT2D eigenvalue weighted by atomic mass is 10.1. The largest absolute Gasteiger partial charge is 0.380 e. The first-order valence-corrected chi connectivity index (χ1v) is 9.58. The Morgan fingerprint density at radius 2 is 2.10 bits per heavy atom. The van der Waals surface area contributed by atoms with Crippen LogP contribution in [0.3, 0.4) is 0 Å². The number of rotatable bonds is 6. The van der Waals surface area contributed by atoms with Gasteiger partial charge in [0.05, 0.1) is 17.6 Å². The highest BCUT2D eigenvalue weighted by atomic mass is 16.5. The molecule has 0 atom stereocenters. The molecule has 1 amide bonds. The van der Waals surface area contributed by atoms with Gasteiger partial charge in [0.2, 0.25) is 0 Å². The third-order valence-corrected chi connectivity index (χ3v) is 5.02. The minimum Gasteiger partial charge on any atom is -0.380 e. The average Bonchev–Trinajstić information content (AvgIpc) is 3.53. The van der Waals surface area contributed by atoms with Crippen LogP contribution in [0.25, 0.3) is 11.0 Å². The number of nitrogens with one attached hydrogen (secondary N) is 2. The zero-order chi connectivity index (χ0) is 20.5. The molecule has 29 heavy (non-hydrogen) atoms. The fourth-order valence-corrected chi connectivity index (χ4v) is 3.46. The van der Waals surface area contributed by atoms with E-state index in [0.29, 0.717) is 18.8 Å². The molecule has 0 spiro atoms. The average molecular weight is 394 g/mol. The van der Waals surface area contributed by atoms with Crippen molar-refractivity contribution in [2.75, 3.05) is 12.4 Å². The Labute approximate surface area is 166 Å². The highest BCUT2D eigenvalue weighted by Crippen LogP contribution is 2.40. The Morgan fingerprint density at radius 3 is 2.79 bits per heavy atom. The molecule has 0 radical (unpaired) electrons. The Balaban J connectivity index is 1.84. The molecule has 0 bridgehead atoms. The predicted octanol–water partition coefficient (Wildman–Crippen LogP) is 2.38. The van der Waals surface area contributed by atoms with E-state index >= 15 is 0 Å². The van der Waals surface area contributed by atoms with Crippen LogP contribution in [0.4, 0.5) is 5.69 Å². The van der Waals surface area contributed by atoms with Crippen molar-refractivity contribution in [3.05, 3.63) is 68.0 Å². The molecule has 1 fully saturated rings.